The van der Waals surface area contributed by atoms with Gasteiger partial charge in [0, 0.05) is 0 Å². The van der Waals surface area contributed by atoms with Gasteiger partial charge in [0.25, 0.3) is 0 Å². The van der Waals surface area contributed by atoms with Gasteiger partial charge in [-0.15, -0.1) is 11.6 Å². The SMILES string of the molecule is Cc1cc(C)c(C)c(C(Cl)CC2CCCCCC2)c1C. The summed E-state index contributed by atoms with van der Waals surface area (Å²) in [5.41, 5.74) is 6.99. The van der Waals surface area contributed by atoms with Crippen molar-refractivity contribution in [2.45, 2.75) is 78.0 Å². The Labute approximate surface area is 129 Å². The minimum Gasteiger partial charge on any atom is -0.118 e. The molecule has 0 N–H and O–H groups in total. The van der Waals surface area contributed by atoms with E-state index >= 15 is 0 Å². The Kier molecular flexibility index (Phi) is 5.55. The molecule has 0 saturated heterocycles. The van der Waals surface area contributed by atoms with Gasteiger partial charge in [-0.2, -0.15) is 0 Å². The predicted molar refractivity (Wildman–Crippen MR) is 89.8 cm³/mol. The fourth-order valence-electron chi connectivity index (χ4n) is 3.73. The molecular formula is C19H29Cl. The van der Waals surface area contributed by atoms with E-state index in [2.05, 4.69) is 33.8 Å². The lowest BCUT2D eigenvalue weighted by molar-refractivity contribution is 0.422. The van der Waals surface area contributed by atoms with Crippen LogP contribution in [0.4, 0.5) is 0 Å². The third-order valence-corrected chi connectivity index (χ3v) is 5.65. The Hall–Kier alpha value is -0.490. The first-order valence-electron chi connectivity index (χ1n) is 8.22. The Balaban J connectivity index is 2.18. The summed E-state index contributed by atoms with van der Waals surface area (Å²) in [4.78, 5) is 0. The first-order chi connectivity index (χ1) is 9.50. The van der Waals surface area contributed by atoms with Gasteiger partial charge < -0.3 is 0 Å². The summed E-state index contributed by atoms with van der Waals surface area (Å²) in [6, 6.07) is 2.30. The zero-order valence-corrected chi connectivity index (χ0v) is 14.3. The van der Waals surface area contributed by atoms with E-state index in [0.717, 1.165) is 12.3 Å². The van der Waals surface area contributed by atoms with Crippen LogP contribution < -0.4 is 0 Å². The number of hydrogen-bond acceptors (Lipinski definition) is 0. The molecule has 1 fully saturated rings. The first kappa shape index (κ1) is 15.9. The van der Waals surface area contributed by atoms with E-state index in [9.17, 15) is 0 Å². The number of aryl methyl sites for hydroxylation is 2. The maximum atomic E-state index is 6.85. The fraction of sp³-hybridized carbons (Fsp3) is 0.684. The number of alkyl halides is 1. The van der Waals surface area contributed by atoms with Gasteiger partial charge in [-0.05, 0) is 67.9 Å². The Bertz CT molecular complexity index is 427. The lowest BCUT2D eigenvalue weighted by atomic mass is 9.87. The van der Waals surface area contributed by atoms with Gasteiger partial charge in [0.15, 0.2) is 0 Å². The smallest absolute Gasteiger partial charge is 0.0593 e. The highest BCUT2D eigenvalue weighted by Gasteiger charge is 2.21. The van der Waals surface area contributed by atoms with Crippen molar-refractivity contribution < 1.29 is 0 Å². The van der Waals surface area contributed by atoms with E-state index in [1.165, 1.54) is 66.3 Å². The maximum absolute atomic E-state index is 6.85. The van der Waals surface area contributed by atoms with Crippen LogP contribution in [0.5, 0.6) is 0 Å². The highest BCUT2D eigenvalue weighted by atomic mass is 35.5. The van der Waals surface area contributed by atoms with Crippen LogP contribution in [0, 0.1) is 33.6 Å². The lowest BCUT2D eigenvalue weighted by Gasteiger charge is -2.23. The molecule has 1 unspecified atom stereocenters. The molecule has 2 rings (SSSR count). The summed E-state index contributed by atoms with van der Waals surface area (Å²) in [5.74, 6) is 0.833. The highest BCUT2D eigenvalue weighted by molar-refractivity contribution is 6.21. The van der Waals surface area contributed by atoms with E-state index in [4.69, 9.17) is 11.6 Å². The van der Waals surface area contributed by atoms with Crippen LogP contribution in [-0.2, 0) is 0 Å². The Morgan fingerprint density at radius 1 is 0.950 bits per heavy atom. The molecule has 0 aromatic heterocycles. The van der Waals surface area contributed by atoms with Gasteiger partial charge in [-0.3, -0.25) is 0 Å². The molecule has 0 radical (unpaired) electrons. The van der Waals surface area contributed by atoms with Crippen molar-refractivity contribution in [2.24, 2.45) is 5.92 Å². The Morgan fingerprint density at radius 3 is 1.95 bits per heavy atom. The standard InChI is InChI=1S/C19H29Cl/c1-13-11-14(2)16(4)19(15(13)3)18(20)12-17-9-7-5-6-8-10-17/h11,17-18H,5-10,12H2,1-4H3. The van der Waals surface area contributed by atoms with Crippen LogP contribution in [0.3, 0.4) is 0 Å². The summed E-state index contributed by atoms with van der Waals surface area (Å²) >= 11 is 6.85. The third kappa shape index (κ3) is 3.58. The molecule has 20 heavy (non-hydrogen) atoms. The number of hydrogen-bond donors (Lipinski definition) is 0. The van der Waals surface area contributed by atoms with E-state index in [-0.39, 0.29) is 5.38 Å². The monoisotopic (exact) mass is 292 g/mol. The van der Waals surface area contributed by atoms with Gasteiger partial charge >= 0.3 is 0 Å². The summed E-state index contributed by atoms with van der Waals surface area (Å²) < 4.78 is 0. The molecule has 0 bridgehead atoms. The third-order valence-electron chi connectivity index (χ3n) is 5.25. The zero-order valence-electron chi connectivity index (χ0n) is 13.6. The number of benzene rings is 1. The fourth-order valence-corrected chi connectivity index (χ4v) is 4.31. The van der Waals surface area contributed by atoms with Crippen molar-refractivity contribution >= 4 is 11.6 Å². The minimum atomic E-state index is 0.191. The topological polar surface area (TPSA) is 0 Å². The second-order valence-corrected chi connectivity index (χ2v) is 7.26. The van der Waals surface area contributed by atoms with Crippen LogP contribution in [-0.4, -0.2) is 0 Å². The Morgan fingerprint density at radius 2 is 1.45 bits per heavy atom. The summed E-state index contributed by atoms with van der Waals surface area (Å²) in [6.45, 7) is 8.89. The molecule has 0 nitrogen and oxygen atoms in total. The first-order valence-corrected chi connectivity index (χ1v) is 8.65. The van der Waals surface area contributed by atoms with Gasteiger partial charge in [0.1, 0.15) is 0 Å². The zero-order chi connectivity index (χ0) is 14.7. The highest BCUT2D eigenvalue weighted by Crippen LogP contribution is 2.38. The van der Waals surface area contributed by atoms with Crippen molar-refractivity contribution in [2.75, 3.05) is 0 Å². The van der Waals surface area contributed by atoms with Gasteiger partial charge in [0.2, 0.25) is 0 Å². The second-order valence-electron chi connectivity index (χ2n) is 6.73. The average molecular weight is 293 g/mol. The summed E-state index contributed by atoms with van der Waals surface area (Å²) in [5, 5.41) is 0.191. The molecule has 1 heteroatoms. The molecule has 112 valence electrons. The average Bonchev–Trinajstić information content (AvgIpc) is 2.65. The van der Waals surface area contributed by atoms with Crippen molar-refractivity contribution in [3.05, 3.63) is 33.9 Å². The molecule has 0 amide bonds. The van der Waals surface area contributed by atoms with E-state index in [1.54, 1.807) is 0 Å². The number of halogens is 1. The van der Waals surface area contributed by atoms with Crippen LogP contribution in [0.2, 0.25) is 0 Å². The van der Waals surface area contributed by atoms with Crippen molar-refractivity contribution in [3.63, 3.8) is 0 Å². The van der Waals surface area contributed by atoms with Crippen LogP contribution >= 0.6 is 11.6 Å². The lowest BCUT2D eigenvalue weighted by Crippen LogP contribution is -2.08. The normalized spacial score (nSPS) is 18.9. The molecule has 0 heterocycles. The molecule has 1 aromatic carbocycles. The van der Waals surface area contributed by atoms with Crippen LogP contribution in [0.25, 0.3) is 0 Å². The molecular weight excluding hydrogens is 264 g/mol. The minimum absolute atomic E-state index is 0.191. The van der Waals surface area contributed by atoms with Crippen molar-refractivity contribution in [1.82, 2.24) is 0 Å². The largest absolute Gasteiger partial charge is 0.118 e. The molecule has 0 spiro atoms. The molecule has 1 aliphatic rings. The van der Waals surface area contributed by atoms with E-state index in [1.807, 2.05) is 0 Å². The predicted octanol–water partition coefficient (Wildman–Crippen LogP) is 6.56. The molecule has 0 aliphatic heterocycles. The van der Waals surface area contributed by atoms with Crippen molar-refractivity contribution in [1.29, 1.82) is 0 Å². The molecule has 1 aromatic rings. The van der Waals surface area contributed by atoms with Crippen LogP contribution in [0.1, 0.15) is 78.1 Å². The molecule has 1 aliphatic carbocycles. The van der Waals surface area contributed by atoms with Crippen LogP contribution in [0.15, 0.2) is 6.07 Å². The quantitative estimate of drug-likeness (QED) is 0.437. The molecule has 1 saturated carbocycles. The van der Waals surface area contributed by atoms with Gasteiger partial charge in [0.05, 0.1) is 5.38 Å². The summed E-state index contributed by atoms with van der Waals surface area (Å²) in [7, 11) is 0. The molecule has 1 atom stereocenters. The van der Waals surface area contributed by atoms with E-state index in [0.29, 0.717) is 0 Å². The maximum Gasteiger partial charge on any atom is 0.0593 e. The summed E-state index contributed by atoms with van der Waals surface area (Å²) in [6.07, 6.45) is 9.57. The van der Waals surface area contributed by atoms with Gasteiger partial charge in [-0.1, -0.05) is 44.6 Å². The van der Waals surface area contributed by atoms with Crippen molar-refractivity contribution in [3.8, 4) is 0 Å². The van der Waals surface area contributed by atoms with Gasteiger partial charge in [-0.25, -0.2) is 0 Å². The van der Waals surface area contributed by atoms with E-state index < -0.39 is 0 Å². The second kappa shape index (κ2) is 6.98. The number of rotatable bonds is 3.